The molecule has 3 rings (SSSR count). The van der Waals surface area contributed by atoms with E-state index in [0.29, 0.717) is 11.6 Å². The van der Waals surface area contributed by atoms with Gasteiger partial charge in [-0.3, -0.25) is 4.79 Å². The highest BCUT2D eigenvalue weighted by molar-refractivity contribution is 5.93. The molecule has 0 aromatic carbocycles. The molecule has 1 N–H and O–H groups in total. The fraction of sp³-hybridized carbons (Fsp3) is 0.667. The Morgan fingerprint density at radius 2 is 2.24 bits per heavy atom. The molecule has 92 valence electrons. The monoisotopic (exact) mass is 235 g/mol. The van der Waals surface area contributed by atoms with Crippen molar-refractivity contribution in [1.82, 2.24) is 15.2 Å². The molecule has 0 spiro atoms. The van der Waals surface area contributed by atoms with E-state index in [1.165, 1.54) is 19.2 Å². The van der Waals surface area contributed by atoms with E-state index >= 15 is 0 Å². The maximum atomic E-state index is 12.3. The highest BCUT2D eigenvalue weighted by Gasteiger charge is 2.29. The van der Waals surface area contributed by atoms with Crippen molar-refractivity contribution in [3.63, 3.8) is 0 Å². The van der Waals surface area contributed by atoms with Crippen molar-refractivity contribution >= 4 is 5.91 Å². The van der Waals surface area contributed by atoms with Crippen LogP contribution in [-0.4, -0.2) is 42.0 Å². The van der Waals surface area contributed by atoms with Crippen LogP contribution >= 0.6 is 0 Å². The quantitative estimate of drug-likeness (QED) is 0.836. The summed E-state index contributed by atoms with van der Waals surface area (Å²) >= 11 is 0. The smallest absolute Gasteiger partial charge is 0.276 e. The molecule has 1 aromatic rings. The second-order valence-corrected chi connectivity index (χ2v) is 4.81. The number of nitrogens with one attached hydrogen (secondary N) is 1. The standard InChI is InChI=1S/C12H17N3O2/c16-12(15-5-3-13-4-6-15)11-10(17-8-14-11)7-9-1-2-9/h8-9,13H,1-7H2. The van der Waals surface area contributed by atoms with Gasteiger partial charge in [0.15, 0.2) is 12.1 Å². The molecule has 0 bridgehead atoms. The molecule has 0 atom stereocenters. The molecule has 1 saturated heterocycles. The lowest BCUT2D eigenvalue weighted by molar-refractivity contribution is 0.0728. The van der Waals surface area contributed by atoms with Crippen molar-refractivity contribution in [3.05, 3.63) is 17.8 Å². The first-order valence-corrected chi connectivity index (χ1v) is 6.27. The van der Waals surface area contributed by atoms with Crippen LogP contribution < -0.4 is 5.32 Å². The Hall–Kier alpha value is -1.36. The largest absolute Gasteiger partial charge is 0.448 e. The summed E-state index contributed by atoms with van der Waals surface area (Å²) in [4.78, 5) is 18.2. The molecule has 2 heterocycles. The Morgan fingerprint density at radius 1 is 1.47 bits per heavy atom. The normalized spacial score (nSPS) is 20.6. The van der Waals surface area contributed by atoms with Gasteiger partial charge in [-0.25, -0.2) is 4.98 Å². The lowest BCUT2D eigenvalue weighted by atomic mass is 10.2. The number of piperazine rings is 1. The zero-order valence-electron chi connectivity index (χ0n) is 9.82. The van der Waals surface area contributed by atoms with Crippen LogP contribution in [0.3, 0.4) is 0 Å². The molecule has 2 fully saturated rings. The van der Waals surface area contributed by atoms with Crippen LogP contribution in [0.1, 0.15) is 29.1 Å². The van der Waals surface area contributed by atoms with E-state index in [0.717, 1.165) is 38.4 Å². The summed E-state index contributed by atoms with van der Waals surface area (Å²) in [5.74, 6) is 1.50. The second-order valence-electron chi connectivity index (χ2n) is 4.81. The zero-order chi connectivity index (χ0) is 11.7. The average molecular weight is 235 g/mol. The summed E-state index contributed by atoms with van der Waals surface area (Å²) in [6.45, 7) is 3.24. The van der Waals surface area contributed by atoms with Crippen molar-refractivity contribution in [2.24, 2.45) is 5.92 Å². The van der Waals surface area contributed by atoms with Gasteiger partial charge in [0.2, 0.25) is 0 Å². The molecule has 1 aromatic heterocycles. The van der Waals surface area contributed by atoms with E-state index in [9.17, 15) is 4.79 Å². The molecule has 1 aliphatic heterocycles. The lowest BCUT2D eigenvalue weighted by Gasteiger charge is -2.26. The van der Waals surface area contributed by atoms with Crippen molar-refractivity contribution < 1.29 is 9.21 Å². The maximum absolute atomic E-state index is 12.3. The van der Waals surface area contributed by atoms with Gasteiger partial charge >= 0.3 is 0 Å². The van der Waals surface area contributed by atoms with Gasteiger partial charge in [0.05, 0.1) is 0 Å². The van der Waals surface area contributed by atoms with Crippen LogP contribution in [0.4, 0.5) is 0 Å². The summed E-state index contributed by atoms with van der Waals surface area (Å²) in [6, 6.07) is 0. The topological polar surface area (TPSA) is 58.4 Å². The van der Waals surface area contributed by atoms with E-state index in [1.807, 2.05) is 4.90 Å². The predicted molar refractivity (Wildman–Crippen MR) is 61.7 cm³/mol. The van der Waals surface area contributed by atoms with E-state index in [1.54, 1.807) is 0 Å². The van der Waals surface area contributed by atoms with Crippen molar-refractivity contribution in [1.29, 1.82) is 0 Å². The van der Waals surface area contributed by atoms with E-state index < -0.39 is 0 Å². The molecule has 1 aliphatic carbocycles. The summed E-state index contributed by atoms with van der Waals surface area (Å²) < 4.78 is 5.35. The number of hydrogen-bond donors (Lipinski definition) is 1. The number of hydrogen-bond acceptors (Lipinski definition) is 4. The number of carbonyl (C=O) groups excluding carboxylic acids is 1. The van der Waals surface area contributed by atoms with Gasteiger partial charge in [-0.1, -0.05) is 0 Å². The molecule has 1 saturated carbocycles. The van der Waals surface area contributed by atoms with E-state index in [2.05, 4.69) is 10.3 Å². The van der Waals surface area contributed by atoms with Crippen LogP contribution in [0.25, 0.3) is 0 Å². The van der Waals surface area contributed by atoms with Gasteiger partial charge in [0, 0.05) is 32.6 Å². The Labute approximate surface area is 100 Å². The van der Waals surface area contributed by atoms with Gasteiger partial charge in [-0.2, -0.15) is 0 Å². The SMILES string of the molecule is O=C(c1ncoc1CC1CC1)N1CCNCC1. The van der Waals surface area contributed by atoms with Crippen LogP contribution in [0, 0.1) is 5.92 Å². The molecular formula is C12H17N3O2. The minimum absolute atomic E-state index is 0.0240. The number of aromatic nitrogens is 1. The summed E-state index contributed by atoms with van der Waals surface area (Å²) in [5.41, 5.74) is 0.527. The summed E-state index contributed by atoms with van der Waals surface area (Å²) in [7, 11) is 0. The predicted octanol–water partition coefficient (Wildman–Crippen LogP) is 0.672. The Morgan fingerprint density at radius 3 is 2.94 bits per heavy atom. The van der Waals surface area contributed by atoms with Gasteiger partial charge in [-0.05, 0) is 18.8 Å². The second kappa shape index (κ2) is 4.49. The van der Waals surface area contributed by atoms with Crippen LogP contribution in [0.15, 0.2) is 10.8 Å². The first-order valence-electron chi connectivity index (χ1n) is 6.27. The highest BCUT2D eigenvalue weighted by atomic mass is 16.3. The van der Waals surface area contributed by atoms with Gasteiger partial charge in [0.1, 0.15) is 5.76 Å². The van der Waals surface area contributed by atoms with Gasteiger partial charge in [-0.15, -0.1) is 0 Å². The molecule has 0 unspecified atom stereocenters. The van der Waals surface area contributed by atoms with Crippen molar-refractivity contribution in [3.8, 4) is 0 Å². The first-order chi connectivity index (χ1) is 8.34. The van der Waals surface area contributed by atoms with E-state index in [-0.39, 0.29) is 5.91 Å². The molecule has 1 amide bonds. The number of carbonyl (C=O) groups is 1. The Bertz CT molecular complexity index is 406. The van der Waals surface area contributed by atoms with Crippen molar-refractivity contribution in [2.45, 2.75) is 19.3 Å². The summed E-state index contributed by atoms with van der Waals surface area (Å²) in [6.07, 6.45) is 4.77. The Kier molecular flexibility index (Phi) is 2.84. The summed E-state index contributed by atoms with van der Waals surface area (Å²) in [5, 5.41) is 3.23. The first kappa shape index (κ1) is 10.8. The fourth-order valence-corrected chi connectivity index (χ4v) is 2.19. The molecule has 2 aliphatic rings. The average Bonchev–Trinajstić information content (AvgIpc) is 3.06. The number of oxazole rings is 1. The molecule has 17 heavy (non-hydrogen) atoms. The molecule has 5 heteroatoms. The third-order valence-corrected chi connectivity index (χ3v) is 3.42. The number of rotatable bonds is 3. The Balaban J connectivity index is 1.72. The minimum atomic E-state index is 0.0240. The number of amides is 1. The molecular weight excluding hydrogens is 218 g/mol. The third kappa shape index (κ3) is 2.34. The maximum Gasteiger partial charge on any atom is 0.276 e. The molecule has 0 radical (unpaired) electrons. The molecule has 5 nitrogen and oxygen atoms in total. The lowest BCUT2D eigenvalue weighted by Crippen LogP contribution is -2.46. The van der Waals surface area contributed by atoms with Gasteiger partial charge in [0.25, 0.3) is 5.91 Å². The zero-order valence-corrected chi connectivity index (χ0v) is 9.82. The van der Waals surface area contributed by atoms with E-state index in [4.69, 9.17) is 4.42 Å². The van der Waals surface area contributed by atoms with Crippen LogP contribution in [-0.2, 0) is 6.42 Å². The third-order valence-electron chi connectivity index (χ3n) is 3.42. The van der Waals surface area contributed by atoms with Gasteiger partial charge < -0.3 is 14.6 Å². The fourth-order valence-electron chi connectivity index (χ4n) is 2.19. The van der Waals surface area contributed by atoms with Crippen molar-refractivity contribution in [2.75, 3.05) is 26.2 Å². The highest BCUT2D eigenvalue weighted by Crippen LogP contribution is 2.33. The number of nitrogens with zero attached hydrogens (tertiary/aromatic N) is 2. The van der Waals surface area contributed by atoms with Crippen LogP contribution in [0.2, 0.25) is 0 Å². The minimum Gasteiger partial charge on any atom is -0.448 e. The van der Waals surface area contributed by atoms with Crippen LogP contribution in [0.5, 0.6) is 0 Å².